The Balaban J connectivity index is 0.00000243. The van der Waals surface area contributed by atoms with Gasteiger partial charge in [-0.3, -0.25) is 9.59 Å². The van der Waals surface area contributed by atoms with Crippen LogP contribution in [0.5, 0.6) is 0 Å². The molecule has 4 heteroatoms. The van der Waals surface area contributed by atoms with E-state index in [0.29, 0.717) is 6.54 Å². The van der Waals surface area contributed by atoms with E-state index in [1.807, 2.05) is 49.4 Å². The highest BCUT2D eigenvalue weighted by atomic mass is 79.9. The number of halogens is 1. The van der Waals surface area contributed by atoms with E-state index in [-0.39, 0.29) is 34.0 Å². The largest absolute Gasteiger partial charge is 1.00 e. The maximum absolute atomic E-state index is 12.5. The van der Waals surface area contributed by atoms with Gasteiger partial charge in [0.2, 0.25) is 5.78 Å². The summed E-state index contributed by atoms with van der Waals surface area (Å²) in [7, 11) is 0. The van der Waals surface area contributed by atoms with E-state index in [1.165, 1.54) is 4.90 Å². The average molecular weight is 416 g/mol. The summed E-state index contributed by atoms with van der Waals surface area (Å²) in [6, 6.07) is 17.9. The fourth-order valence-electron chi connectivity index (χ4n) is 3.88. The Morgan fingerprint density at radius 1 is 0.962 bits per heavy atom. The van der Waals surface area contributed by atoms with Crippen molar-refractivity contribution in [2.24, 2.45) is 0 Å². The number of carbonyl (C=O) groups excluding carboxylic acids is 2. The zero-order chi connectivity index (χ0) is 17.9. The Morgan fingerprint density at radius 3 is 2.08 bits per heavy atom. The molecule has 1 saturated heterocycles. The van der Waals surface area contributed by atoms with E-state index < -0.39 is 0 Å². The third-order valence-corrected chi connectivity index (χ3v) is 5.60. The summed E-state index contributed by atoms with van der Waals surface area (Å²) in [5, 5.41) is 0. The topological polar surface area (TPSA) is 38.6 Å². The van der Waals surface area contributed by atoms with Crippen molar-refractivity contribution >= 4 is 11.6 Å². The summed E-state index contributed by atoms with van der Waals surface area (Å²) in [6.45, 7) is 5.94. The van der Waals surface area contributed by atoms with Crippen LogP contribution in [0.1, 0.15) is 41.3 Å². The predicted octanol–water partition coefficient (Wildman–Crippen LogP) is -0.613. The molecule has 0 bridgehead atoms. The highest BCUT2D eigenvalue weighted by Gasteiger charge is 2.42. The third kappa shape index (κ3) is 4.30. The van der Waals surface area contributed by atoms with E-state index in [1.54, 1.807) is 6.92 Å². The molecule has 1 aliphatic rings. The normalized spacial score (nSPS) is 22.3. The summed E-state index contributed by atoms with van der Waals surface area (Å²) in [4.78, 5) is 26.2. The minimum atomic E-state index is -0.377. The van der Waals surface area contributed by atoms with Crippen LogP contribution >= 0.6 is 0 Å². The van der Waals surface area contributed by atoms with Crippen molar-refractivity contribution in [3.8, 4) is 0 Å². The number of rotatable bonds is 5. The van der Waals surface area contributed by atoms with Crippen LogP contribution in [0.3, 0.4) is 0 Å². The predicted molar refractivity (Wildman–Crippen MR) is 99.1 cm³/mol. The number of hydrogen-bond donors (Lipinski definition) is 1. The smallest absolute Gasteiger partial charge is 0.216 e. The Kier molecular flexibility index (Phi) is 6.90. The van der Waals surface area contributed by atoms with Crippen LogP contribution in [0, 0.1) is 6.92 Å². The maximum Gasteiger partial charge on any atom is 0.216 e. The molecule has 0 aliphatic carbocycles. The first-order valence-electron chi connectivity index (χ1n) is 9.01. The molecule has 3 rings (SSSR count). The molecule has 0 aromatic heterocycles. The maximum atomic E-state index is 12.5. The fraction of sp³-hybridized carbons (Fsp3) is 0.364. The molecule has 0 radical (unpaired) electrons. The van der Waals surface area contributed by atoms with Crippen molar-refractivity contribution in [1.29, 1.82) is 0 Å². The Labute approximate surface area is 166 Å². The molecule has 1 aliphatic heterocycles. The lowest BCUT2D eigenvalue weighted by Crippen LogP contribution is -3.14. The van der Waals surface area contributed by atoms with Crippen LogP contribution in [-0.2, 0) is 10.2 Å². The monoisotopic (exact) mass is 415 g/mol. The van der Waals surface area contributed by atoms with E-state index in [0.717, 1.165) is 42.6 Å². The minimum Gasteiger partial charge on any atom is -1.00 e. The van der Waals surface area contributed by atoms with Crippen molar-refractivity contribution in [1.82, 2.24) is 0 Å². The van der Waals surface area contributed by atoms with Crippen molar-refractivity contribution in [3.05, 3.63) is 71.3 Å². The van der Waals surface area contributed by atoms with Gasteiger partial charge in [-0.2, -0.15) is 0 Å². The molecule has 1 N–H and O–H groups in total. The second-order valence-electron chi connectivity index (χ2n) is 7.22. The summed E-state index contributed by atoms with van der Waals surface area (Å²) in [5.41, 5.74) is 2.68. The lowest BCUT2D eigenvalue weighted by atomic mass is 9.70. The number of Topliss-reactive ketones (excluding diaryl/α,β-unsaturated/α-hetero) is 2. The molecule has 0 unspecified atom stereocenters. The van der Waals surface area contributed by atoms with Gasteiger partial charge in [0.25, 0.3) is 0 Å². The first-order valence-corrected chi connectivity index (χ1v) is 9.01. The Hall–Kier alpha value is -1.78. The number of likely N-dealkylation sites (tertiary alicyclic amines) is 1. The zero-order valence-corrected chi connectivity index (χ0v) is 17.0. The Bertz CT molecular complexity index is 747. The fourth-order valence-corrected chi connectivity index (χ4v) is 3.88. The summed E-state index contributed by atoms with van der Waals surface area (Å²) >= 11 is 0. The van der Waals surface area contributed by atoms with E-state index >= 15 is 0 Å². The van der Waals surface area contributed by atoms with E-state index in [2.05, 4.69) is 12.1 Å². The number of piperidine rings is 1. The molecule has 1 fully saturated rings. The number of aryl methyl sites for hydroxylation is 1. The van der Waals surface area contributed by atoms with Crippen molar-refractivity contribution in [2.75, 3.05) is 19.6 Å². The molecule has 2 aromatic rings. The Morgan fingerprint density at radius 2 is 1.54 bits per heavy atom. The van der Waals surface area contributed by atoms with Gasteiger partial charge in [-0.15, -0.1) is 0 Å². The molecule has 26 heavy (non-hydrogen) atoms. The van der Waals surface area contributed by atoms with Gasteiger partial charge >= 0.3 is 0 Å². The second-order valence-corrected chi connectivity index (χ2v) is 7.22. The summed E-state index contributed by atoms with van der Waals surface area (Å²) in [5.74, 6) is 0.424. The van der Waals surface area contributed by atoms with Gasteiger partial charge in [-0.1, -0.05) is 60.2 Å². The standard InChI is InChI=1S/C22H25NO2.BrH/c1-17-8-10-19(11-9-17)21(25)16-23-14-12-22(13-15-23,18(2)24)20-6-4-3-5-7-20;/h3-11H,12-16H2,1-2H3;1H. The number of ketones is 2. The number of quaternary nitrogens is 1. The van der Waals surface area contributed by atoms with Gasteiger partial charge in [-0.25, -0.2) is 0 Å². The number of hydrogen-bond acceptors (Lipinski definition) is 2. The SMILES string of the molecule is CC(=O)C1(c2ccccc2)CC[NH+](CC(=O)c2ccc(C)cc2)CC1.[Br-]. The van der Waals surface area contributed by atoms with Crippen molar-refractivity contribution in [3.63, 3.8) is 0 Å². The van der Waals surface area contributed by atoms with Gasteiger partial charge in [0, 0.05) is 18.4 Å². The van der Waals surface area contributed by atoms with Crippen molar-refractivity contribution in [2.45, 2.75) is 32.1 Å². The lowest BCUT2D eigenvalue weighted by Gasteiger charge is -2.38. The van der Waals surface area contributed by atoms with Gasteiger partial charge < -0.3 is 21.9 Å². The molecular formula is C22H26BrNO2. The van der Waals surface area contributed by atoms with Gasteiger partial charge in [0.1, 0.15) is 12.3 Å². The van der Waals surface area contributed by atoms with Crippen LogP contribution in [0.15, 0.2) is 54.6 Å². The van der Waals surface area contributed by atoms with Crippen LogP contribution in [-0.4, -0.2) is 31.2 Å². The quantitative estimate of drug-likeness (QED) is 0.661. The highest BCUT2D eigenvalue weighted by molar-refractivity contribution is 5.96. The average Bonchev–Trinajstić information content (AvgIpc) is 2.63. The molecule has 0 spiro atoms. The molecule has 0 saturated carbocycles. The molecule has 138 valence electrons. The molecule has 0 amide bonds. The van der Waals surface area contributed by atoms with Gasteiger partial charge in [-0.05, 0) is 19.4 Å². The van der Waals surface area contributed by atoms with Crippen LogP contribution in [0.4, 0.5) is 0 Å². The van der Waals surface area contributed by atoms with Crippen LogP contribution < -0.4 is 21.9 Å². The third-order valence-electron chi connectivity index (χ3n) is 5.60. The highest BCUT2D eigenvalue weighted by Crippen LogP contribution is 2.33. The van der Waals surface area contributed by atoms with Crippen molar-refractivity contribution < 1.29 is 31.5 Å². The zero-order valence-electron chi connectivity index (χ0n) is 15.4. The summed E-state index contributed by atoms with van der Waals surface area (Å²) < 4.78 is 0. The molecule has 3 nitrogen and oxygen atoms in total. The second kappa shape index (κ2) is 8.74. The molecular weight excluding hydrogens is 390 g/mol. The lowest BCUT2D eigenvalue weighted by molar-refractivity contribution is -0.897. The molecule has 1 heterocycles. The number of benzene rings is 2. The summed E-state index contributed by atoms with van der Waals surface area (Å²) in [6.07, 6.45) is 1.62. The van der Waals surface area contributed by atoms with Crippen LogP contribution in [0.25, 0.3) is 0 Å². The first kappa shape index (κ1) is 20.5. The first-order chi connectivity index (χ1) is 12.0. The van der Waals surface area contributed by atoms with E-state index in [4.69, 9.17) is 0 Å². The number of carbonyl (C=O) groups is 2. The van der Waals surface area contributed by atoms with E-state index in [9.17, 15) is 9.59 Å². The minimum absolute atomic E-state index is 0. The van der Waals surface area contributed by atoms with Gasteiger partial charge in [0.05, 0.1) is 18.5 Å². The molecule has 2 aromatic carbocycles. The van der Waals surface area contributed by atoms with Crippen LogP contribution in [0.2, 0.25) is 0 Å². The molecule has 0 atom stereocenters. The van der Waals surface area contributed by atoms with Gasteiger partial charge in [0.15, 0.2) is 0 Å². The number of nitrogens with one attached hydrogen (secondary N) is 1.